The molecule has 16 heavy (non-hydrogen) atoms. The Balaban J connectivity index is 2.25. The molecule has 1 fully saturated rings. The van der Waals surface area contributed by atoms with Crippen LogP contribution in [0.15, 0.2) is 22.7 Å². The van der Waals surface area contributed by atoms with Gasteiger partial charge in [0.1, 0.15) is 0 Å². The van der Waals surface area contributed by atoms with E-state index in [0.29, 0.717) is 10.9 Å². The van der Waals surface area contributed by atoms with Gasteiger partial charge in [-0.05, 0) is 24.1 Å². The highest BCUT2D eigenvalue weighted by Crippen LogP contribution is 2.33. The van der Waals surface area contributed by atoms with Gasteiger partial charge >= 0.3 is 0 Å². The van der Waals surface area contributed by atoms with E-state index in [0.717, 1.165) is 29.7 Å². The van der Waals surface area contributed by atoms with E-state index in [1.807, 2.05) is 18.2 Å². The summed E-state index contributed by atoms with van der Waals surface area (Å²) in [6.07, 6.45) is 1.03. The van der Waals surface area contributed by atoms with Crippen molar-refractivity contribution in [1.82, 2.24) is 5.43 Å². The van der Waals surface area contributed by atoms with Gasteiger partial charge in [0.15, 0.2) is 0 Å². The number of nitrogens with one attached hydrogen (secondary N) is 1. The fourth-order valence-electron chi connectivity index (χ4n) is 2.05. The van der Waals surface area contributed by atoms with Gasteiger partial charge in [-0.15, -0.1) is 0 Å². The maximum absolute atomic E-state index is 5.92. The van der Waals surface area contributed by atoms with Crippen molar-refractivity contribution in [2.75, 3.05) is 13.2 Å². The lowest BCUT2D eigenvalue weighted by Crippen LogP contribution is -2.34. The van der Waals surface area contributed by atoms with Crippen LogP contribution in [0.25, 0.3) is 0 Å². The van der Waals surface area contributed by atoms with Crippen LogP contribution in [0.2, 0.25) is 5.02 Å². The van der Waals surface area contributed by atoms with Crippen LogP contribution >= 0.6 is 27.5 Å². The fourth-order valence-corrected chi connectivity index (χ4v) is 2.98. The van der Waals surface area contributed by atoms with Gasteiger partial charge in [-0.25, -0.2) is 0 Å². The molecule has 1 aliphatic rings. The van der Waals surface area contributed by atoms with E-state index in [4.69, 9.17) is 22.2 Å². The van der Waals surface area contributed by atoms with Crippen molar-refractivity contribution in [2.24, 2.45) is 11.8 Å². The molecule has 3 N–H and O–H groups in total. The van der Waals surface area contributed by atoms with Gasteiger partial charge in [-0.2, -0.15) is 0 Å². The Labute approximate surface area is 108 Å². The summed E-state index contributed by atoms with van der Waals surface area (Å²) < 4.78 is 6.37. The smallest absolute Gasteiger partial charge is 0.0522 e. The second-order valence-corrected chi connectivity index (χ2v) is 5.22. The van der Waals surface area contributed by atoms with Crippen molar-refractivity contribution in [3.63, 3.8) is 0 Å². The summed E-state index contributed by atoms with van der Waals surface area (Å²) >= 11 is 9.43. The number of ether oxygens (including phenoxy) is 1. The van der Waals surface area contributed by atoms with Crippen LogP contribution in [-0.4, -0.2) is 13.2 Å². The highest BCUT2D eigenvalue weighted by Gasteiger charge is 2.27. The van der Waals surface area contributed by atoms with E-state index in [-0.39, 0.29) is 6.04 Å². The van der Waals surface area contributed by atoms with Gasteiger partial charge in [-0.1, -0.05) is 33.6 Å². The second-order valence-electron chi connectivity index (χ2n) is 3.93. The van der Waals surface area contributed by atoms with Gasteiger partial charge < -0.3 is 4.74 Å². The molecule has 3 nitrogen and oxygen atoms in total. The Morgan fingerprint density at radius 3 is 2.94 bits per heavy atom. The zero-order valence-electron chi connectivity index (χ0n) is 8.75. The monoisotopic (exact) mass is 304 g/mol. The van der Waals surface area contributed by atoms with E-state index < -0.39 is 0 Å². The topological polar surface area (TPSA) is 47.3 Å². The third-order valence-electron chi connectivity index (χ3n) is 2.91. The predicted octanol–water partition coefficient (Wildman–Crippen LogP) is 2.64. The third kappa shape index (κ3) is 2.57. The van der Waals surface area contributed by atoms with Crippen LogP contribution in [0.1, 0.15) is 18.0 Å². The first-order valence-electron chi connectivity index (χ1n) is 5.21. The van der Waals surface area contributed by atoms with Crippen molar-refractivity contribution in [1.29, 1.82) is 0 Å². The molecule has 0 spiro atoms. The number of hydrogen-bond donors (Lipinski definition) is 2. The molecule has 1 saturated heterocycles. The van der Waals surface area contributed by atoms with E-state index in [9.17, 15) is 0 Å². The van der Waals surface area contributed by atoms with Crippen LogP contribution in [-0.2, 0) is 4.74 Å². The first kappa shape index (κ1) is 12.3. The lowest BCUT2D eigenvalue weighted by Gasteiger charge is -2.23. The van der Waals surface area contributed by atoms with Crippen LogP contribution in [0, 0.1) is 5.92 Å². The number of hydrazine groups is 1. The summed E-state index contributed by atoms with van der Waals surface area (Å²) in [5.41, 5.74) is 3.99. The first-order valence-corrected chi connectivity index (χ1v) is 6.38. The Bertz CT molecular complexity index is 369. The normalized spacial score (nSPS) is 22.3. The summed E-state index contributed by atoms with van der Waals surface area (Å²) in [7, 11) is 0. The Morgan fingerprint density at radius 2 is 2.38 bits per heavy atom. The maximum Gasteiger partial charge on any atom is 0.0522 e. The minimum Gasteiger partial charge on any atom is -0.381 e. The molecule has 0 bridgehead atoms. The molecule has 1 aliphatic heterocycles. The van der Waals surface area contributed by atoms with Crippen LogP contribution in [0.4, 0.5) is 0 Å². The third-order valence-corrected chi connectivity index (χ3v) is 3.84. The highest BCUT2D eigenvalue weighted by atomic mass is 79.9. The van der Waals surface area contributed by atoms with Crippen molar-refractivity contribution < 1.29 is 4.74 Å². The SMILES string of the molecule is NNC(c1ccc(Cl)cc1Br)C1CCOC1. The Morgan fingerprint density at radius 1 is 1.56 bits per heavy atom. The zero-order chi connectivity index (χ0) is 11.5. The van der Waals surface area contributed by atoms with Crippen molar-refractivity contribution in [3.05, 3.63) is 33.3 Å². The van der Waals surface area contributed by atoms with Gasteiger partial charge in [0.05, 0.1) is 12.6 Å². The van der Waals surface area contributed by atoms with E-state index in [2.05, 4.69) is 21.4 Å². The van der Waals surface area contributed by atoms with E-state index in [1.165, 1.54) is 0 Å². The Kier molecular flexibility index (Phi) is 4.21. The molecule has 5 heteroatoms. The summed E-state index contributed by atoms with van der Waals surface area (Å²) in [6, 6.07) is 5.86. The molecule has 1 aromatic rings. The molecule has 2 unspecified atom stereocenters. The molecule has 0 amide bonds. The molecule has 2 atom stereocenters. The fraction of sp³-hybridized carbons (Fsp3) is 0.455. The van der Waals surface area contributed by atoms with Crippen molar-refractivity contribution >= 4 is 27.5 Å². The lowest BCUT2D eigenvalue weighted by molar-refractivity contribution is 0.176. The van der Waals surface area contributed by atoms with E-state index >= 15 is 0 Å². The number of benzene rings is 1. The molecule has 0 aromatic heterocycles. The molecule has 88 valence electrons. The number of halogens is 2. The molecule has 0 aliphatic carbocycles. The molecule has 0 saturated carbocycles. The average Bonchev–Trinajstić information content (AvgIpc) is 2.75. The number of nitrogens with two attached hydrogens (primary N) is 1. The quantitative estimate of drug-likeness (QED) is 0.667. The van der Waals surface area contributed by atoms with Gasteiger partial charge in [-0.3, -0.25) is 11.3 Å². The van der Waals surface area contributed by atoms with Gasteiger partial charge in [0.25, 0.3) is 0 Å². The average molecular weight is 306 g/mol. The molecule has 2 rings (SSSR count). The van der Waals surface area contributed by atoms with Crippen molar-refractivity contribution in [2.45, 2.75) is 12.5 Å². The summed E-state index contributed by atoms with van der Waals surface area (Å²) in [4.78, 5) is 0. The molecular formula is C11H14BrClN2O. The summed E-state index contributed by atoms with van der Waals surface area (Å²) in [5, 5.41) is 0.717. The second kappa shape index (κ2) is 5.47. The molecule has 1 heterocycles. The number of rotatable bonds is 3. The maximum atomic E-state index is 5.92. The van der Waals surface area contributed by atoms with Crippen molar-refractivity contribution in [3.8, 4) is 0 Å². The zero-order valence-corrected chi connectivity index (χ0v) is 11.1. The minimum absolute atomic E-state index is 0.106. The standard InChI is InChI=1S/C11H14BrClN2O/c12-10-5-8(13)1-2-9(10)11(15-14)7-3-4-16-6-7/h1-2,5,7,11,15H,3-4,6,14H2. The lowest BCUT2D eigenvalue weighted by atomic mass is 9.93. The van der Waals surface area contributed by atoms with Gasteiger partial charge in [0, 0.05) is 22.0 Å². The molecule has 1 aromatic carbocycles. The first-order chi connectivity index (χ1) is 7.72. The van der Waals surface area contributed by atoms with Crippen LogP contribution in [0.5, 0.6) is 0 Å². The van der Waals surface area contributed by atoms with E-state index in [1.54, 1.807) is 0 Å². The van der Waals surface area contributed by atoms with Crippen LogP contribution in [0.3, 0.4) is 0 Å². The Hall–Kier alpha value is -0.130. The predicted molar refractivity (Wildman–Crippen MR) is 68.1 cm³/mol. The largest absolute Gasteiger partial charge is 0.381 e. The van der Waals surface area contributed by atoms with Crippen LogP contribution < -0.4 is 11.3 Å². The minimum atomic E-state index is 0.106. The number of hydrogen-bond acceptors (Lipinski definition) is 3. The summed E-state index contributed by atoms with van der Waals surface area (Å²) in [6.45, 7) is 1.57. The van der Waals surface area contributed by atoms with Gasteiger partial charge in [0.2, 0.25) is 0 Å². The molecule has 0 radical (unpaired) electrons. The summed E-state index contributed by atoms with van der Waals surface area (Å²) in [5.74, 6) is 6.05. The highest BCUT2D eigenvalue weighted by molar-refractivity contribution is 9.10. The molecular weight excluding hydrogens is 291 g/mol.